The minimum atomic E-state index is -3.69. The first-order valence-electron chi connectivity index (χ1n) is 5.04. The van der Waals surface area contributed by atoms with Crippen LogP contribution >= 0.6 is 11.6 Å². The summed E-state index contributed by atoms with van der Waals surface area (Å²) in [4.78, 5) is -0.0574. The zero-order valence-corrected chi connectivity index (χ0v) is 10.4. The predicted molar refractivity (Wildman–Crippen MR) is 60.8 cm³/mol. The number of hydrogen-bond donors (Lipinski definition) is 1. The average Bonchev–Trinajstić information content (AvgIpc) is 2.69. The Morgan fingerprint density at radius 2 is 2.18 bits per heavy atom. The molecule has 4 nitrogen and oxygen atoms in total. The van der Waals surface area contributed by atoms with Gasteiger partial charge in [-0.15, -0.1) is 0 Å². The second-order valence-corrected chi connectivity index (χ2v) is 6.23. The summed E-state index contributed by atoms with van der Waals surface area (Å²) in [7, 11) is -3.69. The van der Waals surface area contributed by atoms with E-state index in [0.717, 1.165) is 12.1 Å². The molecular formula is C10H11ClFNO3S. The number of β-amino-alcohol motifs (C(OH)–C–C–N with tert-alkyl or cyclic N) is 1. The van der Waals surface area contributed by atoms with Gasteiger partial charge in [0.1, 0.15) is 5.82 Å². The average molecular weight is 280 g/mol. The number of benzene rings is 1. The lowest BCUT2D eigenvalue weighted by atomic mass is 10.3. The highest BCUT2D eigenvalue weighted by molar-refractivity contribution is 7.89. The molecule has 0 aromatic heterocycles. The van der Waals surface area contributed by atoms with Crippen molar-refractivity contribution in [1.82, 2.24) is 4.31 Å². The molecule has 0 unspecified atom stereocenters. The van der Waals surface area contributed by atoms with E-state index < -0.39 is 21.9 Å². The molecule has 0 bridgehead atoms. The van der Waals surface area contributed by atoms with Crippen molar-refractivity contribution in [2.45, 2.75) is 17.4 Å². The maximum absolute atomic E-state index is 12.9. The fourth-order valence-electron chi connectivity index (χ4n) is 1.72. The van der Waals surface area contributed by atoms with E-state index in [1.54, 1.807) is 0 Å². The van der Waals surface area contributed by atoms with E-state index in [1.165, 1.54) is 10.4 Å². The van der Waals surface area contributed by atoms with Crippen LogP contribution in [0.25, 0.3) is 0 Å². The van der Waals surface area contributed by atoms with Gasteiger partial charge in [-0.2, -0.15) is 4.31 Å². The molecule has 1 aliphatic heterocycles. The van der Waals surface area contributed by atoms with Gasteiger partial charge in [0.25, 0.3) is 0 Å². The molecule has 1 saturated heterocycles. The first-order chi connectivity index (χ1) is 7.91. The molecule has 7 heteroatoms. The van der Waals surface area contributed by atoms with Crippen LogP contribution in [0, 0.1) is 5.82 Å². The van der Waals surface area contributed by atoms with Crippen molar-refractivity contribution in [3.63, 3.8) is 0 Å². The van der Waals surface area contributed by atoms with Crippen molar-refractivity contribution >= 4 is 21.6 Å². The second kappa shape index (κ2) is 4.53. The van der Waals surface area contributed by atoms with Crippen LogP contribution in [-0.2, 0) is 10.0 Å². The Balaban J connectivity index is 2.35. The van der Waals surface area contributed by atoms with Gasteiger partial charge in [0, 0.05) is 13.1 Å². The number of sulfonamides is 1. The minimum absolute atomic E-state index is 0.0574. The van der Waals surface area contributed by atoms with E-state index in [4.69, 9.17) is 11.6 Å². The number of aliphatic hydroxyl groups excluding tert-OH is 1. The van der Waals surface area contributed by atoms with Gasteiger partial charge >= 0.3 is 0 Å². The Morgan fingerprint density at radius 1 is 1.47 bits per heavy atom. The van der Waals surface area contributed by atoms with Crippen LogP contribution in [0.15, 0.2) is 23.1 Å². The lowest BCUT2D eigenvalue weighted by molar-refractivity contribution is 0.189. The number of aliphatic hydroxyl groups is 1. The summed E-state index contributed by atoms with van der Waals surface area (Å²) in [5.41, 5.74) is 0. The smallest absolute Gasteiger partial charge is 0.243 e. The zero-order chi connectivity index (χ0) is 12.6. The molecule has 1 aliphatic rings. The van der Waals surface area contributed by atoms with Crippen LogP contribution in [0.4, 0.5) is 4.39 Å². The molecule has 1 fully saturated rings. The highest BCUT2D eigenvalue weighted by Crippen LogP contribution is 2.24. The monoisotopic (exact) mass is 279 g/mol. The van der Waals surface area contributed by atoms with E-state index in [2.05, 4.69) is 0 Å². The van der Waals surface area contributed by atoms with Crippen molar-refractivity contribution in [2.24, 2.45) is 0 Å². The summed E-state index contributed by atoms with van der Waals surface area (Å²) in [6, 6.07) is 3.26. The topological polar surface area (TPSA) is 57.6 Å². The van der Waals surface area contributed by atoms with Crippen LogP contribution in [0.2, 0.25) is 5.02 Å². The normalized spacial score (nSPS) is 21.9. The van der Waals surface area contributed by atoms with E-state index in [-0.39, 0.29) is 23.0 Å². The SMILES string of the molecule is O=S(=O)(c1ccc(F)c(Cl)c1)N1CC[C@@H](O)C1. The highest BCUT2D eigenvalue weighted by Gasteiger charge is 2.31. The minimum Gasteiger partial charge on any atom is -0.392 e. The lowest BCUT2D eigenvalue weighted by Gasteiger charge is -2.15. The molecule has 1 N–H and O–H groups in total. The summed E-state index contributed by atoms with van der Waals surface area (Å²) in [5, 5.41) is 9.09. The number of halogens is 2. The van der Waals surface area contributed by atoms with Crippen LogP contribution < -0.4 is 0 Å². The summed E-state index contributed by atoms with van der Waals surface area (Å²) in [6.45, 7) is 0.329. The molecule has 0 aliphatic carbocycles. The van der Waals surface area contributed by atoms with Crippen molar-refractivity contribution in [3.05, 3.63) is 29.0 Å². The number of nitrogens with zero attached hydrogens (tertiary/aromatic N) is 1. The van der Waals surface area contributed by atoms with Gasteiger partial charge in [-0.25, -0.2) is 12.8 Å². The molecule has 1 aromatic carbocycles. The van der Waals surface area contributed by atoms with E-state index in [1.807, 2.05) is 0 Å². The molecule has 0 radical (unpaired) electrons. The molecule has 1 atom stereocenters. The first kappa shape index (κ1) is 12.8. The van der Waals surface area contributed by atoms with Crippen molar-refractivity contribution in [1.29, 1.82) is 0 Å². The fourth-order valence-corrected chi connectivity index (χ4v) is 3.48. The Bertz CT molecular complexity index is 534. The quantitative estimate of drug-likeness (QED) is 0.886. The third kappa shape index (κ3) is 2.44. The summed E-state index contributed by atoms with van der Waals surface area (Å²) >= 11 is 5.55. The third-order valence-corrected chi connectivity index (χ3v) is 4.81. The fraction of sp³-hybridized carbons (Fsp3) is 0.400. The van der Waals surface area contributed by atoms with Crippen molar-refractivity contribution in [3.8, 4) is 0 Å². The van der Waals surface area contributed by atoms with Crippen molar-refractivity contribution < 1.29 is 17.9 Å². The molecule has 1 heterocycles. The van der Waals surface area contributed by atoms with Crippen LogP contribution in [0.3, 0.4) is 0 Å². The largest absolute Gasteiger partial charge is 0.392 e. The zero-order valence-electron chi connectivity index (χ0n) is 8.81. The van der Waals surface area contributed by atoms with Gasteiger partial charge in [-0.05, 0) is 24.6 Å². The van der Waals surface area contributed by atoms with Gasteiger partial charge in [-0.1, -0.05) is 11.6 Å². The Labute approximate surface area is 104 Å². The van der Waals surface area contributed by atoms with Crippen LogP contribution in [0.5, 0.6) is 0 Å². The molecule has 0 spiro atoms. The highest BCUT2D eigenvalue weighted by atomic mass is 35.5. The molecular weight excluding hydrogens is 269 g/mol. The standard InChI is InChI=1S/C10H11ClFNO3S/c11-9-5-8(1-2-10(9)12)17(15,16)13-4-3-7(14)6-13/h1-2,5,7,14H,3-4,6H2/t7-/m1/s1. The maximum Gasteiger partial charge on any atom is 0.243 e. The predicted octanol–water partition coefficient (Wildman–Crippen LogP) is 1.23. The molecule has 0 saturated carbocycles. The maximum atomic E-state index is 12.9. The van der Waals surface area contributed by atoms with Gasteiger partial charge in [0.2, 0.25) is 10.0 Å². The van der Waals surface area contributed by atoms with Gasteiger partial charge < -0.3 is 5.11 Å². The summed E-state index contributed by atoms with van der Waals surface area (Å²) in [5.74, 6) is -0.660. The van der Waals surface area contributed by atoms with E-state index in [9.17, 15) is 17.9 Å². The Morgan fingerprint density at radius 3 is 2.71 bits per heavy atom. The molecule has 2 rings (SSSR count). The molecule has 17 heavy (non-hydrogen) atoms. The van der Waals surface area contributed by atoms with Crippen LogP contribution in [-0.4, -0.2) is 37.0 Å². The number of hydrogen-bond acceptors (Lipinski definition) is 3. The van der Waals surface area contributed by atoms with Gasteiger partial charge in [0.05, 0.1) is 16.0 Å². The summed E-state index contributed by atoms with van der Waals surface area (Å²) in [6.07, 6.45) is -0.227. The molecule has 94 valence electrons. The molecule has 1 aromatic rings. The van der Waals surface area contributed by atoms with Gasteiger partial charge in [-0.3, -0.25) is 0 Å². The number of rotatable bonds is 2. The molecule has 0 amide bonds. The first-order valence-corrected chi connectivity index (χ1v) is 6.86. The van der Waals surface area contributed by atoms with Crippen molar-refractivity contribution in [2.75, 3.05) is 13.1 Å². The van der Waals surface area contributed by atoms with E-state index in [0.29, 0.717) is 6.42 Å². The van der Waals surface area contributed by atoms with Crippen LogP contribution in [0.1, 0.15) is 6.42 Å². The second-order valence-electron chi connectivity index (χ2n) is 3.88. The Hall–Kier alpha value is -0.690. The van der Waals surface area contributed by atoms with E-state index >= 15 is 0 Å². The third-order valence-electron chi connectivity index (χ3n) is 2.65. The Kier molecular flexibility index (Phi) is 3.40. The lowest BCUT2D eigenvalue weighted by Crippen LogP contribution is -2.29. The summed E-state index contributed by atoms with van der Waals surface area (Å²) < 4.78 is 38.3. The van der Waals surface area contributed by atoms with Gasteiger partial charge in [0.15, 0.2) is 0 Å².